The third-order valence-corrected chi connectivity index (χ3v) is 4.83. The molecule has 9 heteroatoms. The summed E-state index contributed by atoms with van der Waals surface area (Å²) in [4.78, 5) is 23.8. The van der Waals surface area contributed by atoms with Crippen LogP contribution in [0.15, 0.2) is 66.7 Å². The molecule has 0 fully saturated rings. The highest BCUT2D eigenvalue weighted by molar-refractivity contribution is 6.31. The van der Waals surface area contributed by atoms with Crippen molar-refractivity contribution in [3.05, 3.63) is 88.4 Å². The van der Waals surface area contributed by atoms with Crippen LogP contribution >= 0.6 is 11.6 Å². The summed E-state index contributed by atoms with van der Waals surface area (Å²) in [6, 6.07) is 18.9. The van der Waals surface area contributed by atoms with Gasteiger partial charge in [0.1, 0.15) is 12.4 Å². The molecule has 164 valence electrons. The third kappa shape index (κ3) is 5.99. The third-order valence-electron chi connectivity index (χ3n) is 4.60. The van der Waals surface area contributed by atoms with E-state index in [-0.39, 0.29) is 18.3 Å². The predicted octanol–water partition coefficient (Wildman–Crippen LogP) is 3.98. The van der Waals surface area contributed by atoms with Crippen molar-refractivity contribution < 1.29 is 14.7 Å². The molecule has 0 atom stereocenters. The minimum Gasteiger partial charge on any atom is -0.480 e. The van der Waals surface area contributed by atoms with E-state index in [1.807, 2.05) is 18.2 Å². The number of nitrogens with two attached hydrogens (primary N) is 1. The van der Waals surface area contributed by atoms with Crippen molar-refractivity contribution in [2.75, 3.05) is 22.5 Å². The molecule has 32 heavy (non-hydrogen) atoms. The lowest BCUT2D eigenvalue weighted by Crippen LogP contribution is -2.16. The van der Waals surface area contributed by atoms with Gasteiger partial charge in [-0.3, -0.25) is 15.0 Å². The lowest BCUT2D eigenvalue weighted by Gasteiger charge is -2.15. The maximum atomic E-state index is 12.9. The Morgan fingerprint density at radius 3 is 2.38 bits per heavy atom. The molecule has 0 bridgehead atoms. The van der Waals surface area contributed by atoms with Crippen molar-refractivity contribution in [1.29, 1.82) is 5.41 Å². The fourth-order valence-electron chi connectivity index (χ4n) is 3.00. The smallest absolute Gasteiger partial charge is 0.322 e. The molecule has 0 unspecified atom stereocenters. The van der Waals surface area contributed by atoms with Gasteiger partial charge in [0.05, 0.1) is 5.56 Å². The number of halogens is 1. The summed E-state index contributed by atoms with van der Waals surface area (Å²) in [5, 5.41) is 25.7. The summed E-state index contributed by atoms with van der Waals surface area (Å²) < 4.78 is 0. The first-order chi connectivity index (χ1) is 15.3. The Labute approximate surface area is 189 Å². The van der Waals surface area contributed by atoms with E-state index in [0.717, 1.165) is 5.56 Å². The molecule has 0 aliphatic heterocycles. The normalized spacial score (nSPS) is 10.3. The van der Waals surface area contributed by atoms with Gasteiger partial charge in [-0.1, -0.05) is 29.8 Å². The van der Waals surface area contributed by atoms with Crippen LogP contribution in [-0.2, 0) is 11.3 Å². The number of amides is 1. The summed E-state index contributed by atoms with van der Waals surface area (Å²) in [6.45, 7) is 0.159. The molecular weight excluding hydrogens is 430 g/mol. The number of aliphatic carboxylic acids is 1. The van der Waals surface area contributed by atoms with Crippen LogP contribution in [0.4, 0.5) is 17.1 Å². The number of amidine groups is 1. The fourth-order valence-corrected chi connectivity index (χ4v) is 3.17. The van der Waals surface area contributed by atoms with Gasteiger partial charge in [-0.2, -0.15) is 0 Å². The lowest BCUT2D eigenvalue weighted by atomic mass is 10.1. The highest BCUT2D eigenvalue weighted by Crippen LogP contribution is 2.24. The van der Waals surface area contributed by atoms with E-state index >= 15 is 0 Å². The quantitative estimate of drug-likeness (QED) is 0.215. The summed E-state index contributed by atoms with van der Waals surface area (Å²) in [6.07, 6.45) is 0. The van der Waals surface area contributed by atoms with Crippen molar-refractivity contribution in [2.45, 2.75) is 6.54 Å². The average molecular weight is 452 g/mol. The minimum atomic E-state index is -0.958. The molecule has 0 spiro atoms. The second-order valence-corrected chi connectivity index (χ2v) is 7.33. The number of hydrogen-bond acceptors (Lipinski definition) is 5. The Morgan fingerprint density at radius 1 is 0.969 bits per heavy atom. The number of carbonyl (C=O) groups is 2. The number of carbonyl (C=O) groups excluding carboxylic acids is 1. The van der Waals surface area contributed by atoms with Crippen LogP contribution in [-0.4, -0.2) is 29.4 Å². The van der Waals surface area contributed by atoms with Crippen molar-refractivity contribution in [2.24, 2.45) is 5.73 Å². The molecule has 3 rings (SSSR count). The second kappa shape index (κ2) is 10.3. The molecule has 0 saturated heterocycles. The van der Waals surface area contributed by atoms with Crippen molar-refractivity contribution in [1.82, 2.24) is 0 Å². The zero-order chi connectivity index (χ0) is 23.1. The SMILES string of the molecule is N=C(N)c1ccc(NC(=O)c2cc(Cl)ccc2NCc2ccccc2NCC(=O)O)cc1. The van der Waals surface area contributed by atoms with Crippen molar-refractivity contribution in [3.8, 4) is 0 Å². The molecule has 0 saturated carbocycles. The predicted molar refractivity (Wildman–Crippen MR) is 127 cm³/mol. The van der Waals surface area contributed by atoms with Crippen LogP contribution in [0.3, 0.4) is 0 Å². The van der Waals surface area contributed by atoms with E-state index in [4.69, 9.17) is 27.9 Å². The first kappa shape index (κ1) is 22.6. The maximum absolute atomic E-state index is 12.9. The standard InChI is InChI=1S/C23H22ClN5O3/c24-16-7-10-20(27-12-15-3-1-2-4-19(15)28-13-21(30)31)18(11-16)23(32)29-17-8-5-14(6-9-17)22(25)26/h1-11,27-28H,12-13H2,(H3,25,26)(H,29,32)(H,30,31). The van der Waals surface area contributed by atoms with E-state index in [1.54, 1.807) is 48.5 Å². The minimum absolute atomic E-state index is 0.0534. The van der Waals surface area contributed by atoms with Crippen LogP contribution in [0.25, 0.3) is 0 Å². The van der Waals surface area contributed by atoms with Crippen LogP contribution in [0.2, 0.25) is 5.02 Å². The average Bonchev–Trinajstić information content (AvgIpc) is 2.77. The van der Waals surface area contributed by atoms with Crippen LogP contribution in [0.5, 0.6) is 0 Å². The fraction of sp³-hybridized carbons (Fsp3) is 0.0870. The van der Waals surface area contributed by atoms with Gasteiger partial charge in [0.25, 0.3) is 5.91 Å². The monoisotopic (exact) mass is 451 g/mol. The van der Waals surface area contributed by atoms with Gasteiger partial charge >= 0.3 is 5.97 Å². The van der Waals surface area contributed by atoms with Gasteiger partial charge in [0.2, 0.25) is 0 Å². The van der Waals surface area contributed by atoms with Crippen LogP contribution in [0, 0.1) is 5.41 Å². The molecular formula is C23H22ClN5O3. The molecule has 7 N–H and O–H groups in total. The lowest BCUT2D eigenvalue weighted by molar-refractivity contribution is -0.134. The number of carboxylic acids is 1. The van der Waals surface area contributed by atoms with Crippen molar-refractivity contribution in [3.63, 3.8) is 0 Å². The van der Waals surface area contributed by atoms with Gasteiger partial charge in [0.15, 0.2) is 0 Å². The maximum Gasteiger partial charge on any atom is 0.322 e. The van der Waals surface area contributed by atoms with Crippen LogP contribution < -0.4 is 21.7 Å². The number of benzene rings is 3. The number of nitrogen functional groups attached to an aromatic ring is 1. The van der Waals surface area contributed by atoms with E-state index in [9.17, 15) is 9.59 Å². The first-order valence-corrected chi connectivity index (χ1v) is 10.0. The highest BCUT2D eigenvalue weighted by atomic mass is 35.5. The summed E-state index contributed by atoms with van der Waals surface area (Å²) in [5.41, 5.74) is 9.02. The molecule has 3 aromatic carbocycles. The summed E-state index contributed by atoms with van der Waals surface area (Å²) in [7, 11) is 0. The van der Waals surface area contributed by atoms with Gasteiger partial charge in [-0.05, 0) is 54.1 Å². The molecule has 3 aromatic rings. The molecule has 0 radical (unpaired) electrons. The Hall–Kier alpha value is -4.04. The number of nitrogens with one attached hydrogen (secondary N) is 4. The number of anilines is 3. The number of carboxylic acid groups (broad SMARTS) is 1. The number of para-hydroxylation sites is 1. The largest absolute Gasteiger partial charge is 0.480 e. The topological polar surface area (TPSA) is 140 Å². The Morgan fingerprint density at radius 2 is 1.69 bits per heavy atom. The molecule has 8 nitrogen and oxygen atoms in total. The van der Waals surface area contributed by atoms with E-state index in [0.29, 0.717) is 39.8 Å². The molecule has 0 aromatic heterocycles. The summed E-state index contributed by atoms with van der Waals surface area (Å²) in [5.74, 6) is -1.37. The highest BCUT2D eigenvalue weighted by Gasteiger charge is 2.14. The zero-order valence-corrected chi connectivity index (χ0v) is 17.7. The van der Waals surface area contributed by atoms with Gasteiger partial charge < -0.3 is 26.8 Å². The molecule has 1 amide bonds. The summed E-state index contributed by atoms with van der Waals surface area (Å²) >= 11 is 6.12. The van der Waals surface area contributed by atoms with E-state index < -0.39 is 5.97 Å². The van der Waals surface area contributed by atoms with E-state index in [2.05, 4.69) is 16.0 Å². The molecule has 0 aliphatic carbocycles. The van der Waals surface area contributed by atoms with Gasteiger partial charge in [0, 0.05) is 34.2 Å². The Kier molecular flexibility index (Phi) is 7.30. The zero-order valence-electron chi connectivity index (χ0n) is 17.0. The van der Waals surface area contributed by atoms with Gasteiger partial charge in [-0.15, -0.1) is 0 Å². The van der Waals surface area contributed by atoms with E-state index in [1.165, 1.54) is 0 Å². The molecule has 0 heterocycles. The number of hydrogen-bond donors (Lipinski definition) is 6. The van der Waals surface area contributed by atoms with Crippen molar-refractivity contribution >= 4 is 46.4 Å². The Bertz CT molecular complexity index is 1150. The Balaban J connectivity index is 1.76. The second-order valence-electron chi connectivity index (χ2n) is 6.89. The molecule has 0 aliphatic rings. The van der Waals surface area contributed by atoms with Crippen LogP contribution in [0.1, 0.15) is 21.5 Å². The van der Waals surface area contributed by atoms with Gasteiger partial charge in [-0.25, -0.2) is 0 Å². The number of rotatable bonds is 9. The first-order valence-electron chi connectivity index (χ1n) is 9.66.